The Kier molecular flexibility index (Phi) is 2.30. The molecule has 0 saturated carbocycles. The number of carbonyl (C=O) groups is 1. The van der Waals surface area contributed by atoms with Crippen LogP contribution in [0.25, 0.3) is 0 Å². The molecule has 1 nitrogen and oxygen atoms in total. The smallest absolute Gasteiger partial charge is 0.163 e. The summed E-state index contributed by atoms with van der Waals surface area (Å²) in [6, 6.07) is 5.11. The molecule has 0 aliphatic carbocycles. The van der Waals surface area contributed by atoms with Gasteiger partial charge in [0.15, 0.2) is 5.78 Å². The van der Waals surface area contributed by atoms with Gasteiger partial charge in [-0.25, -0.2) is 0 Å². The van der Waals surface area contributed by atoms with Crippen LogP contribution >= 0.6 is 11.6 Å². The molecule has 1 rings (SSSR count). The van der Waals surface area contributed by atoms with Crippen LogP contribution in [-0.2, 0) is 0 Å². The molecule has 0 unspecified atom stereocenters. The normalized spacial score (nSPS) is 9.73. The number of ketones is 1. The minimum Gasteiger partial charge on any atom is -0.294 e. The highest BCUT2D eigenvalue weighted by molar-refractivity contribution is 6.31. The van der Waals surface area contributed by atoms with Crippen molar-refractivity contribution in [3.63, 3.8) is 0 Å². The molecule has 0 aliphatic heterocycles. The van der Waals surface area contributed by atoms with Gasteiger partial charge in [0, 0.05) is 17.5 Å². The lowest BCUT2D eigenvalue weighted by molar-refractivity contribution is 0.104. The highest BCUT2D eigenvalue weighted by Crippen LogP contribution is 2.16. The molecule has 0 aliphatic rings. The van der Waals surface area contributed by atoms with Crippen LogP contribution < -0.4 is 0 Å². The Hall–Kier alpha value is -0.820. The Labute approximate surface area is 71.0 Å². The zero-order valence-electron chi connectivity index (χ0n) is 6.23. The molecule has 0 bridgehead atoms. The van der Waals surface area contributed by atoms with Crippen molar-refractivity contribution in [3.8, 4) is 0 Å². The first-order valence-corrected chi connectivity index (χ1v) is 3.61. The molecule has 0 aromatic heterocycles. The average Bonchev–Trinajstić information content (AvgIpc) is 1.94. The lowest BCUT2D eigenvalue weighted by Gasteiger charge is -1.98. The second-order valence-corrected chi connectivity index (χ2v) is 2.79. The molecule has 0 fully saturated rings. The van der Waals surface area contributed by atoms with E-state index in [9.17, 15) is 4.79 Å². The van der Waals surface area contributed by atoms with E-state index in [0.717, 1.165) is 5.56 Å². The molecule has 11 heavy (non-hydrogen) atoms. The molecular weight excluding hydrogens is 160 g/mol. The number of Topliss-reactive ketones (excluding diaryl/α,β-unsaturated/α-hetero) is 1. The quantitative estimate of drug-likeness (QED) is 0.588. The van der Waals surface area contributed by atoms with Gasteiger partial charge in [-0.05, 0) is 30.7 Å². The van der Waals surface area contributed by atoms with Crippen LogP contribution in [-0.4, -0.2) is 5.78 Å². The molecule has 0 atom stereocenters. The largest absolute Gasteiger partial charge is 0.294 e. The van der Waals surface area contributed by atoms with E-state index >= 15 is 0 Å². The molecule has 2 heteroatoms. The maximum atomic E-state index is 10.8. The van der Waals surface area contributed by atoms with Gasteiger partial charge in [0.05, 0.1) is 0 Å². The number of hydrogen-bond acceptors (Lipinski definition) is 1. The summed E-state index contributed by atoms with van der Waals surface area (Å²) in [5.41, 5.74) is 1.51. The van der Waals surface area contributed by atoms with E-state index in [4.69, 9.17) is 11.6 Å². The Morgan fingerprint density at radius 2 is 2.18 bits per heavy atom. The summed E-state index contributed by atoms with van der Waals surface area (Å²) < 4.78 is 0. The predicted octanol–water partition coefficient (Wildman–Crippen LogP) is 2.67. The molecule has 57 valence electrons. The molecule has 0 saturated heterocycles. The van der Waals surface area contributed by atoms with Crippen molar-refractivity contribution in [3.05, 3.63) is 41.3 Å². The van der Waals surface area contributed by atoms with Crippen molar-refractivity contribution in [1.29, 1.82) is 0 Å². The Bertz CT molecular complexity index is 292. The van der Waals surface area contributed by atoms with E-state index in [0.29, 0.717) is 10.6 Å². The van der Waals surface area contributed by atoms with E-state index in [1.165, 1.54) is 0 Å². The summed E-state index contributed by atoms with van der Waals surface area (Å²) >= 11 is 5.75. The molecule has 0 N–H and O–H groups in total. The first kappa shape index (κ1) is 8.28. The third-order valence-corrected chi connectivity index (χ3v) is 1.90. The van der Waals surface area contributed by atoms with Crippen molar-refractivity contribution in [1.82, 2.24) is 0 Å². The molecule has 0 heterocycles. The van der Waals surface area contributed by atoms with Gasteiger partial charge in [0.1, 0.15) is 0 Å². The lowest BCUT2D eigenvalue weighted by atomic mass is 10.1. The van der Waals surface area contributed by atoms with E-state index in [2.05, 4.69) is 6.92 Å². The van der Waals surface area contributed by atoms with E-state index in [1.807, 2.05) is 6.92 Å². The topological polar surface area (TPSA) is 17.1 Å². The van der Waals surface area contributed by atoms with Crippen LogP contribution in [0.4, 0.5) is 0 Å². The molecule has 1 aromatic rings. The first-order chi connectivity index (χ1) is 5.11. The standard InChI is InChI=1S/C9H8ClO/c1-6-5-8(7(2)11)3-4-9(6)10/h3-5H,2H2,1H3. The van der Waals surface area contributed by atoms with Crippen molar-refractivity contribution < 1.29 is 4.79 Å². The fourth-order valence-corrected chi connectivity index (χ4v) is 0.936. The predicted molar refractivity (Wildman–Crippen MR) is 45.9 cm³/mol. The Morgan fingerprint density at radius 3 is 2.64 bits per heavy atom. The van der Waals surface area contributed by atoms with E-state index < -0.39 is 0 Å². The minimum atomic E-state index is -0.176. The third-order valence-electron chi connectivity index (χ3n) is 1.48. The van der Waals surface area contributed by atoms with Crippen molar-refractivity contribution >= 4 is 17.4 Å². The van der Waals surface area contributed by atoms with Crippen LogP contribution in [0.2, 0.25) is 5.02 Å². The fraction of sp³-hybridized carbons (Fsp3) is 0.111. The number of benzene rings is 1. The zero-order chi connectivity index (χ0) is 8.43. The second-order valence-electron chi connectivity index (χ2n) is 2.39. The average molecular weight is 168 g/mol. The van der Waals surface area contributed by atoms with Gasteiger partial charge >= 0.3 is 0 Å². The van der Waals surface area contributed by atoms with Crippen LogP contribution in [0, 0.1) is 13.8 Å². The summed E-state index contributed by atoms with van der Waals surface area (Å²) in [5, 5.41) is 0.676. The van der Waals surface area contributed by atoms with Gasteiger partial charge in [0.25, 0.3) is 0 Å². The molecule has 0 spiro atoms. The van der Waals surface area contributed by atoms with Crippen LogP contribution in [0.1, 0.15) is 15.9 Å². The van der Waals surface area contributed by atoms with Crippen molar-refractivity contribution in [2.75, 3.05) is 0 Å². The van der Waals surface area contributed by atoms with Gasteiger partial charge in [-0.1, -0.05) is 11.6 Å². The number of halogens is 1. The maximum Gasteiger partial charge on any atom is 0.163 e. The van der Waals surface area contributed by atoms with Gasteiger partial charge in [-0.2, -0.15) is 0 Å². The summed E-state index contributed by atoms with van der Waals surface area (Å²) in [6.07, 6.45) is 0. The van der Waals surface area contributed by atoms with Crippen molar-refractivity contribution in [2.24, 2.45) is 0 Å². The van der Waals surface area contributed by atoms with Crippen LogP contribution in [0.5, 0.6) is 0 Å². The van der Waals surface area contributed by atoms with E-state index in [1.54, 1.807) is 18.2 Å². The summed E-state index contributed by atoms with van der Waals surface area (Å²) in [5.74, 6) is -0.176. The maximum absolute atomic E-state index is 10.8. The number of aryl methyl sites for hydroxylation is 1. The molecular formula is C9H8ClO. The SMILES string of the molecule is [CH2]C(=O)c1ccc(Cl)c(C)c1. The first-order valence-electron chi connectivity index (χ1n) is 3.23. The minimum absolute atomic E-state index is 0.176. The fourth-order valence-electron chi connectivity index (χ4n) is 0.818. The highest BCUT2D eigenvalue weighted by atomic mass is 35.5. The van der Waals surface area contributed by atoms with Crippen LogP contribution in [0.3, 0.4) is 0 Å². The van der Waals surface area contributed by atoms with Crippen molar-refractivity contribution in [2.45, 2.75) is 6.92 Å². The summed E-state index contributed by atoms with van der Waals surface area (Å²) in [4.78, 5) is 10.8. The van der Waals surface area contributed by atoms with Gasteiger partial charge in [0.2, 0.25) is 0 Å². The molecule has 1 radical (unpaired) electrons. The van der Waals surface area contributed by atoms with Crippen LogP contribution in [0.15, 0.2) is 18.2 Å². The monoisotopic (exact) mass is 167 g/mol. The van der Waals surface area contributed by atoms with E-state index in [-0.39, 0.29) is 5.78 Å². The number of carbonyl (C=O) groups excluding carboxylic acids is 1. The highest BCUT2D eigenvalue weighted by Gasteiger charge is 2.00. The Morgan fingerprint density at radius 1 is 1.55 bits per heavy atom. The molecule has 0 amide bonds. The molecule has 1 aromatic carbocycles. The van der Waals surface area contributed by atoms with Gasteiger partial charge in [-0.15, -0.1) is 0 Å². The number of rotatable bonds is 1. The lowest BCUT2D eigenvalue weighted by Crippen LogP contribution is -1.92. The summed E-state index contributed by atoms with van der Waals surface area (Å²) in [6.45, 7) is 5.15. The zero-order valence-corrected chi connectivity index (χ0v) is 6.98. The second kappa shape index (κ2) is 3.05. The van der Waals surface area contributed by atoms with Gasteiger partial charge < -0.3 is 0 Å². The van der Waals surface area contributed by atoms with Gasteiger partial charge in [-0.3, -0.25) is 4.79 Å². The number of hydrogen-bond donors (Lipinski definition) is 0. The third kappa shape index (κ3) is 1.81. The Balaban J connectivity index is 3.15. The summed E-state index contributed by atoms with van der Waals surface area (Å²) in [7, 11) is 0.